The van der Waals surface area contributed by atoms with Gasteiger partial charge < -0.3 is 9.80 Å². The Balaban J connectivity index is 2.80. The highest BCUT2D eigenvalue weighted by Crippen LogP contribution is 2.03. The lowest BCUT2D eigenvalue weighted by Crippen LogP contribution is -2.31. The van der Waals surface area contributed by atoms with Gasteiger partial charge in [0.25, 0.3) is 11.8 Å². The van der Waals surface area contributed by atoms with Crippen LogP contribution in [0.3, 0.4) is 0 Å². The van der Waals surface area contributed by atoms with Gasteiger partial charge in [-0.2, -0.15) is 10.2 Å². The van der Waals surface area contributed by atoms with E-state index in [2.05, 4.69) is 26.0 Å². The van der Waals surface area contributed by atoms with Crippen molar-refractivity contribution in [1.29, 1.82) is 0 Å². The van der Waals surface area contributed by atoms with Gasteiger partial charge in [0, 0.05) is 0 Å². The third-order valence-electron chi connectivity index (χ3n) is 3.11. The molecular formula is C17H27N7O2. The zero-order chi connectivity index (χ0) is 19.7. The van der Waals surface area contributed by atoms with Crippen LogP contribution in [0.1, 0.15) is 25.2 Å². The first-order chi connectivity index (χ1) is 12.2. The summed E-state index contributed by atoms with van der Waals surface area (Å²) in [5.74, 6) is -0.404. The number of aromatic nitrogens is 1. The highest BCUT2D eigenvalue weighted by atomic mass is 16.2. The first kappa shape index (κ1) is 21.4. The van der Waals surface area contributed by atoms with E-state index in [1.807, 2.05) is 6.07 Å². The number of hydrazone groups is 2. The smallest absolute Gasteiger partial charge is 0.254 e. The average molecular weight is 361 g/mol. The van der Waals surface area contributed by atoms with E-state index in [0.717, 1.165) is 0 Å². The SMILES string of the molecule is C/C(=N\NC(=O)CN(C)C)c1cccc(/C(C)=N/NC(=O)CN(C)C)n1. The molecule has 0 aromatic carbocycles. The van der Waals surface area contributed by atoms with Crippen molar-refractivity contribution in [3.63, 3.8) is 0 Å². The molecule has 2 amide bonds. The fourth-order valence-electron chi connectivity index (χ4n) is 1.89. The van der Waals surface area contributed by atoms with Crippen LogP contribution in [0.2, 0.25) is 0 Å². The summed E-state index contributed by atoms with van der Waals surface area (Å²) in [6.45, 7) is 4.02. The molecule has 0 aliphatic rings. The molecule has 0 unspecified atom stereocenters. The number of amides is 2. The second-order valence-electron chi connectivity index (χ2n) is 6.35. The van der Waals surface area contributed by atoms with Crippen molar-refractivity contribution in [3.05, 3.63) is 29.6 Å². The lowest BCUT2D eigenvalue weighted by Gasteiger charge is -2.09. The minimum Gasteiger partial charge on any atom is -0.301 e. The molecular weight excluding hydrogens is 334 g/mol. The molecule has 0 atom stereocenters. The molecule has 1 rings (SSSR count). The Kier molecular flexibility index (Phi) is 8.53. The largest absolute Gasteiger partial charge is 0.301 e. The highest BCUT2D eigenvalue weighted by Gasteiger charge is 2.07. The molecule has 0 saturated heterocycles. The fraction of sp³-hybridized carbons (Fsp3) is 0.471. The molecule has 0 saturated carbocycles. The quantitative estimate of drug-likeness (QED) is 0.497. The molecule has 9 nitrogen and oxygen atoms in total. The van der Waals surface area contributed by atoms with Crippen molar-refractivity contribution in [3.8, 4) is 0 Å². The van der Waals surface area contributed by atoms with E-state index < -0.39 is 0 Å². The van der Waals surface area contributed by atoms with Crippen molar-refractivity contribution in [2.75, 3.05) is 41.3 Å². The third-order valence-corrected chi connectivity index (χ3v) is 3.11. The van der Waals surface area contributed by atoms with Crippen molar-refractivity contribution in [2.24, 2.45) is 10.2 Å². The number of nitrogens with zero attached hydrogens (tertiary/aromatic N) is 5. The van der Waals surface area contributed by atoms with Gasteiger partial charge in [-0.05, 0) is 54.2 Å². The van der Waals surface area contributed by atoms with Crippen molar-refractivity contribution in [2.45, 2.75) is 13.8 Å². The first-order valence-corrected chi connectivity index (χ1v) is 8.12. The van der Waals surface area contributed by atoms with Crippen LogP contribution in [0.5, 0.6) is 0 Å². The minimum absolute atomic E-state index is 0.202. The Morgan fingerprint density at radius 2 is 1.27 bits per heavy atom. The molecule has 1 aromatic heterocycles. The summed E-state index contributed by atoms with van der Waals surface area (Å²) in [4.78, 5) is 31.3. The van der Waals surface area contributed by atoms with E-state index in [1.165, 1.54) is 0 Å². The van der Waals surface area contributed by atoms with Crippen LogP contribution >= 0.6 is 0 Å². The van der Waals surface area contributed by atoms with E-state index in [1.54, 1.807) is 64.0 Å². The average Bonchev–Trinajstić information content (AvgIpc) is 2.56. The van der Waals surface area contributed by atoms with Crippen LogP contribution in [0.15, 0.2) is 28.4 Å². The standard InChI is InChI=1S/C17H27N7O2/c1-12(19-21-16(25)10-23(3)4)14-8-7-9-15(18-14)13(2)20-22-17(26)11-24(5)6/h7-9H,10-11H2,1-6H3,(H,21,25)(H,22,26)/b19-12+,20-13+. The van der Waals surface area contributed by atoms with Gasteiger partial charge in [-0.15, -0.1) is 0 Å². The molecule has 0 fully saturated rings. The molecule has 0 spiro atoms. The number of rotatable bonds is 8. The summed E-state index contributed by atoms with van der Waals surface area (Å²) in [5.41, 5.74) is 7.36. The summed E-state index contributed by atoms with van der Waals surface area (Å²) in [7, 11) is 7.22. The van der Waals surface area contributed by atoms with Crippen LogP contribution in [0.4, 0.5) is 0 Å². The number of nitrogens with one attached hydrogen (secondary N) is 2. The Labute approximate surface area is 154 Å². The summed E-state index contributed by atoms with van der Waals surface area (Å²) in [6.07, 6.45) is 0. The van der Waals surface area contributed by atoms with Gasteiger partial charge in [-0.3, -0.25) is 9.59 Å². The Morgan fingerprint density at radius 3 is 1.62 bits per heavy atom. The van der Waals surface area contributed by atoms with E-state index in [9.17, 15) is 9.59 Å². The molecule has 1 heterocycles. The van der Waals surface area contributed by atoms with Crippen molar-refractivity contribution < 1.29 is 9.59 Å². The Hall–Kier alpha value is -2.65. The van der Waals surface area contributed by atoms with Gasteiger partial charge >= 0.3 is 0 Å². The van der Waals surface area contributed by atoms with Gasteiger partial charge in [-0.25, -0.2) is 15.8 Å². The van der Waals surface area contributed by atoms with Gasteiger partial charge in [0.15, 0.2) is 0 Å². The maximum absolute atomic E-state index is 11.6. The Bertz CT molecular complexity index is 641. The van der Waals surface area contributed by atoms with Crippen LogP contribution in [0, 0.1) is 0 Å². The lowest BCUT2D eigenvalue weighted by molar-refractivity contribution is -0.122. The predicted octanol–water partition coefficient (Wildman–Crippen LogP) is -0.115. The summed E-state index contributed by atoms with van der Waals surface area (Å²) in [5, 5.41) is 8.14. The number of hydrogen-bond donors (Lipinski definition) is 2. The topological polar surface area (TPSA) is 102 Å². The fourth-order valence-corrected chi connectivity index (χ4v) is 1.89. The normalized spacial score (nSPS) is 12.5. The zero-order valence-corrected chi connectivity index (χ0v) is 16.2. The molecule has 0 aliphatic carbocycles. The molecule has 0 radical (unpaired) electrons. The van der Waals surface area contributed by atoms with E-state index in [-0.39, 0.29) is 24.9 Å². The molecule has 142 valence electrons. The number of carbonyl (C=O) groups is 2. The zero-order valence-electron chi connectivity index (χ0n) is 16.2. The molecule has 2 N–H and O–H groups in total. The number of pyridine rings is 1. The minimum atomic E-state index is -0.202. The van der Waals surface area contributed by atoms with Crippen LogP contribution in [0.25, 0.3) is 0 Å². The van der Waals surface area contributed by atoms with Gasteiger partial charge in [-0.1, -0.05) is 6.07 Å². The number of carbonyl (C=O) groups excluding carboxylic acids is 2. The van der Waals surface area contributed by atoms with Crippen LogP contribution in [-0.4, -0.2) is 79.3 Å². The molecule has 1 aromatic rings. The number of hydrogen-bond acceptors (Lipinski definition) is 7. The predicted molar refractivity (Wildman–Crippen MR) is 102 cm³/mol. The second kappa shape index (κ2) is 10.4. The molecule has 9 heteroatoms. The molecule has 0 aliphatic heterocycles. The van der Waals surface area contributed by atoms with Gasteiger partial charge in [0.05, 0.1) is 35.9 Å². The van der Waals surface area contributed by atoms with Gasteiger partial charge in [0.2, 0.25) is 0 Å². The van der Waals surface area contributed by atoms with Crippen LogP contribution < -0.4 is 10.9 Å². The monoisotopic (exact) mass is 361 g/mol. The summed E-state index contributed by atoms with van der Waals surface area (Å²) >= 11 is 0. The maximum Gasteiger partial charge on any atom is 0.254 e. The third kappa shape index (κ3) is 7.95. The second-order valence-corrected chi connectivity index (χ2v) is 6.35. The summed E-state index contributed by atoms with van der Waals surface area (Å²) in [6, 6.07) is 5.40. The molecule has 0 bridgehead atoms. The Morgan fingerprint density at radius 1 is 0.885 bits per heavy atom. The van der Waals surface area contributed by atoms with E-state index >= 15 is 0 Å². The number of likely N-dealkylation sites (N-methyl/N-ethyl adjacent to an activating group) is 2. The van der Waals surface area contributed by atoms with Crippen molar-refractivity contribution in [1.82, 2.24) is 25.6 Å². The molecule has 26 heavy (non-hydrogen) atoms. The maximum atomic E-state index is 11.6. The van der Waals surface area contributed by atoms with E-state index in [0.29, 0.717) is 22.8 Å². The first-order valence-electron chi connectivity index (χ1n) is 8.12. The van der Waals surface area contributed by atoms with Gasteiger partial charge in [0.1, 0.15) is 0 Å². The lowest BCUT2D eigenvalue weighted by atomic mass is 10.2. The summed E-state index contributed by atoms with van der Waals surface area (Å²) < 4.78 is 0. The highest BCUT2D eigenvalue weighted by molar-refractivity contribution is 6.01. The van der Waals surface area contributed by atoms with E-state index in [4.69, 9.17) is 0 Å². The van der Waals surface area contributed by atoms with Crippen molar-refractivity contribution >= 4 is 23.2 Å². The van der Waals surface area contributed by atoms with Crippen LogP contribution in [-0.2, 0) is 9.59 Å².